The minimum absolute atomic E-state index is 0.0787. The van der Waals surface area contributed by atoms with Gasteiger partial charge in [0, 0.05) is 37.7 Å². The lowest BCUT2D eigenvalue weighted by atomic mass is 9.84. The van der Waals surface area contributed by atoms with Crippen molar-refractivity contribution in [3.8, 4) is 0 Å². The molecule has 166 valence electrons. The van der Waals surface area contributed by atoms with Gasteiger partial charge < -0.3 is 16.0 Å². The number of hydrogen-bond donors (Lipinski definition) is 4. The molecule has 1 aliphatic carbocycles. The van der Waals surface area contributed by atoms with Crippen LogP contribution in [0.25, 0.3) is 0 Å². The summed E-state index contributed by atoms with van der Waals surface area (Å²) >= 11 is 0. The summed E-state index contributed by atoms with van der Waals surface area (Å²) in [7, 11) is -2.23. The third-order valence-electron chi connectivity index (χ3n) is 5.25. The Morgan fingerprint density at radius 3 is 2.52 bits per heavy atom. The molecule has 9 nitrogen and oxygen atoms in total. The molecule has 2 unspecified atom stereocenters. The highest BCUT2D eigenvalue weighted by Crippen LogP contribution is 2.26. The van der Waals surface area contributed by atoms with Crippen LogP contribution in [0.4, 0.5) is 10.5 Å². The fourth-order valence-electron chi connectivity index (χ4n) is 3.62. The largest absolute Gasteiger partial charge is 0.359 e. The van der Waals surface area contributed by atoms with E-state index in [0.717, 1.165) is 18.4 Å². The average Bonchev–Trinajstić information content (AvgIpc) is 2.78. The zero-order valence-corrected chi connectivity index (χ0v) is 18.1. The average molecular weight is 446 g/mol. The van der Waals surface area contributed by atoms with E-state index in [-0.39, 0.29) is 16.7 Å². The molecule has 1 aliphatic rings. The van der Waals surface area contributed by atoms with Crippen molar-refractivity contribution in [3.05, 3.63) is 54.4 Å². The van der Waals surface area contributed by atoms with Crippen molar-refractivity contribution in [1.29, 1.82) is 0 Å². The summed E-state index contributed by atoms with van der Waals surface area (Å²) < 4.78 is 28.3. The Hall–Kier alpha value is -2.98. The maximum atomic E-state index is 12.8. The number of sulfonamides is 1. The summed E-state index contributed by atoms with van der Waals surface area (Å²) in [5.74, 6) is -0.526. The van der Waals surface area contributed by atoms with Crippen molar-refractivity contribution < 1.29 is 18.0 Å². The molecular weight excluding hydrogens is 418 g/mol. The van der Waals surface area contributed by atoms with Crippen LogP contribution in [0.5, 0.6) is 0 Å². The summed E-state index contributed by atoms with van der Waals surface area (Å²) in [6.45, 7) is 0.323. The van der Waals surface area contributed by atoms with Gasteiger partial charge in [0.05, 0.1) is 10.8 Å². The molecule has 2 atom stereocenters. The van der Waals surface area contributed by atoms with Gasteiger partial charge in [0.15, 0.2) is 0 Å². The van der Waals surface area contributed by atoms with Crippen LogP contribution < -0.4 is 20.7 Å². The molecule has 3 rings (SSSR count). The van der Waals surface area contributed by atoms with E-state index in [9.17, 15) is 18.0 Å². The highest BCUT2D eigenvalue weighted by molar-refractivity contribution is 7.89. The second-order valence-corrected chi connectivity index (χ2v) is 9.14. The summed E-state index contributed by atoms with van der Waals surface area (Å²) in [6, 6.07) is 8.69. The van der Waals surface area contributed by atoms with E-state index in [1.165, 1.54) is 24.3 Å². The number of hydrogen-bond acceptors (Lipinski definition) is 5. The number of urea groups is 1. The van der Waals surface area contributed by atoms with Gasteiger partial charge in [-0.3, -0.25) is 9.78 Å². The first-order chi connectivity index (χ1) is 14.9. The smallest absolute Gasteiger partial charge is 0.319 e. The predicted molar refractivity (Wildman–Crippen MR) is 117 cm³/mol. The summed E-state index contributed by atoms with van der Waals surface area (Å²) in [6.07, 6.45) is 6.37. The van der Waals surface area contributed by atoms with Crippen LogP contribution in [-0.2, 0) is 21.4 Å². The van der Waals surface area contributed by atoms with Crippen LogP contribution in [0.15, 0.2) is 53.7 Å². The van der Waals surface area contributed by atoms with Crippen LogP contribution in [0.2, 0.25) is 0 Å². The van der Waals surface area contributed by atoms with Gasteiger partial charge in [0.25, 0.3) is 0 Å². The van der Waals surface area contributed by atoms with Crippen molar-refractivity contribution in [2.24, 2.45) is 5.92 Å². The van der Waals surface area contributed by atoms with E-state index in [0.29, 0.717) is 25.1 Å². The molecule has 2 aromatic rings. The van der Waals surface area contributed by atoms with Gasteiger partial charge in [-0.25, -0.2) is 17.9 Å². The Labute approximate surface area is 182 Å². The lowest BCUT2D eigenvalue weighted by molar-refractivity contribution is -0.126. The number of nitrogens with zero attached hydrogens (tertiary/aromatic N) is 1. The quantitative estimate of drug-likeness (QED) is 0.518. The zero-order chi connectivity index (χ0) is 22.3. The number of amides is 3. The maximum absolute atomic E-state index is 12.8. The van der Waals surface area contributed by atoms with Crippen molar-refractivity contribution in [3.63, 3.8) is 0 Å². The summed E-state index contributed by atoms with van der Waals surface area (Å²) in [4.78, 5) is 28.2. The van der Waals surface area contributed by atoms with Crippen LogP contribution in [-0.4, -0.2) is 38.4 Å². The SMILES string of the molecule is CNC(=O)C1CCCCC1NS(=O)(=O)c1ccc(NC(=O)NCc2cccnc2)cc1. The first-order valence-electron chi connectivity index (χ1n) is 10.2. The number of carbonyl (C=O) groups is 2. The molecule has 10 heteroatoms. The monoisotopic (exact) mass is 445 g/mol. The van der Waals surface area contributed by atoms with Gasteiger partial charge in [-0.1, -0.05) is 18.9 Å². The minimum atomic E-state index is -3.79. The molecule has 0 bridgehead atoms. The third kappa shape index (κ3) is 6.25. The molecule has 1 aromatic heterocycles. The van der Waals surface area contributed by atoms with E-state index < -0.39 is 22.1 Å². The number of nitrogens with one attached hydrogen (secondary N) is 4. The maximum Gasteiger partial charge on any atom is 0.319 e. The molecule has 1 saturated carbocycles. The van der Waals surface area contributed by atoms with E-state index in [1.807, 2.05) is 6.07 Å². The van der Waals surface area contributed by atoms with E-state index in [4.69, 9.17) is 0 Å². The van der Waals surface area contributed by atoms with Gasteiger partial charge in [0.1, 0.15) is 0 Å². The highest BCUT2D eigenvalue weighted by atomic mass is 32.2. The second-order valence-electron chi connectivity index (χ2n) is 7.43. The van der Waals surface area contributed by atoms with Crippen LogP contribution in [0.3, 0.4) is 0 Å². The molecule has 1 aromatic carbocycles. The molecule has 0 radical (unpaired) electrons. The van der Waals surface area contributed by atoms with Crippen molar-refractivity contribution in [1.82, 2.24) is 20.3 Å². The first-order valence-corrected chi connectivity index (χ1v) is 11.6. The Morgan fingerprint density at radius 2 is 1.84 bits per heavy atom. The number of anilines is 1. The Balaban J connectivity index is 1.59. The van der Waals surface area contributed by atoms with E-state index in [2.05, 4.69) is 25.7 Å². The fraction of sp³-hybridized carbons (Fsp3) is 0.381. The number of pyridine rings is 1. The van der Waals surface area contributed by atoms with Crippen molar-refractivity contribution in [2.75, 3.05) is 12.4 Å². The molecule has 0 aliphatic heterocycles. The van der Waals surface area contributed by atoms with Gasteiger partial charge in [-0.15, -0.1) is 0 Å². The van der Waals surface area contributed by atoms with Crippen molar-refractivity contribution >= 4 is 27.6 Å². The molecular formula is C21H27N5O4S. The van der Waals surface area contributed by atoms with Crippen LogP contribution in [0, 0.1) is 5.92 Å². The summed E-state index contributed by atoms with van der Waals surface area (Å²) in [5.41, 5.74) is 1.33. The van der Waals surface area contributed by atoms with Gasteiger partial charge >= 0.3 is 6.03 Å². The summed E-state index contributed by atoms with van der Waals surface area (Å²) in [5, 5.41) is 7.99. The normalized spacial score (nSPS) is 18.7. The Bertz CT molecular complexity index is 996. The molecule has 3 amide bonds. The third-order valence-corrected chi connectivity index (χ3v) is 6.76. The standard InChI is InChI=1S/C21H27N5O4S/c1-22-20(27)18-6-2-3-7-19(18)26-31(29,30)17-10-8-16(9-11-17)25-21(28)24-14-15-5-4-12-23-13-15/h4-5,8-13,18-19,26H,2-3,6-7,14H2,1H3,(H,22,27)(H2,24,25,28). The first kappa shape index (κ1) is 22.7. The lowest BCUT2D eigenvalue weighted by Gasteiger charge is -2.30. The lowest BCUT2D eigenvalue weighted by Crippen LogP contribution is -2.47. The van der Waals surface area contributed by atoms with Gasteiger partial charge in [-0.2, -0.15) is 0 Å². The molecule has 4 N–H and O–H groups in total. The number of benzene rings is 1. The Morgan fingerprint density at radius 1 is 1.10 bits per heavy atom. The van der Waals surface area contributed by atoms with E-state index >= 15 is 0 Å². The molecule has 0 spiro atoms. The van der Waals surface area contributed by atoms with E-state index in [1.54, 1.807) is 25.5 Å². The highest BCUT2D eigenvalue weighted by Gasteiger charge is 2.33. The molecule has 1 heterocycles. The van der Waals surface area contributed by atoms with Crippen LogP contribution >= 0.6 is 0 Å². The topological polar surface area (TPSA) is 129 Å². The van der Waals surface area contributed by atoms with Gasteiger partial charge in [-0.05, 0) is 48.7 Å². The minimum Gasteiger partial charge on any atom is -0.359 e. The van der Waals surface area contributed by atoms with Gasteiger partial charge in [0.2, 0.25) is 15.9 Å². The van der Waals surface area contributed by atoms with Crippen molar-refractivity contribution in [2.45, 2.75) is 43.2 Å². The number of rotatable bonds is 7. The predicted octanol–water partition coefficient (Wildman–Crippen LogP) is 1.99. The Kier molecular flexibility index (Phi) is 7.59. The fourth-order valence-corrected chi connectivity index (χ4v) is 4.93. The number of carbonyl (C=O) groups excluding carboxylic acids is 2. The zero-order valence-electron chi connectivity index (χ0n) is 17.3. The second kappa shape index (κ2) is 10.4. The van der Waals surface area contributed by atoms with Crippen LogP contribution in [0.1, 0.15) is 31.2 Å². The number of aromatic nitrogens is 1. The molecule has 31 heavy (non-hydrogen) atoms. The molecule has 0 saturated heterocycles. The molecule has 1 fully saturated rings.